The van der Waals surface area contributed by atoms with Crippen molar-refractivity contribution in [1.82, 2.24) is 15.3 Å². The third-order valence-corrected chi connectivity index (χ3v) is 4.42. The highest BCUT2D eigenvalue weighted by atomic mass is 16.2. The van der Waals surface area contributed by atoms with Gasteiger partial charge in [-0.3, -0.25) is 19.6 Å². The molecular weight excluding hydrogens is 364 g/mol. The van der Waals surface area contributed by atoms with Crippen LogP contribution >= 0.6 is 0 Å². The maximum atomic E-state index is 12.7. The van der Waals surface area contributed by atoms with Gasteiger partial charge >= 0.3 is 0 Å². The summed E-state index contributed by atoms with van der Waals surface area (Å²) in [5.74, 6) is -0.570. The number of nitrogens with one attached hydrogen (secondary N) is 2. The fraction of sp³-hybridized carbons (Fsp3) is 0.0435. The van der Waals surface area contributed by atoms with Crippen molar-refractivity contribution >= 4 is 28.4 Å². The number of para-hydroxylation sites is 1. The largest absolute Gasteiger partial charge is 0.346 e. The van der Waals surface area contributed by atoms with Gasteiger partial charge in [-0.1, -0.05) is 30.3 Å². The highest BCUT2D eigenvalue weighted by molar-refractivity contribution is 6.09. The van der Waals surface area contributed by atoms with Crippen LogP contribution in [0.15, 0.2) is 85.2 Å². The quantitative estimate of drug-likeness (QED) is 0.550. The Morgan fingerprint density at radius 2 is 1.52 bits per heavy atom. The maximum Gasteiger partial charge on any atom is 0.255 e. The zero-order valence-electron chi connectivity index (χ0n) is 15.5. The second-order valence-corrected chi connectivity index (χ2v) is 6.42. The Kier molecular flexibility index (Phi) is 5.25. The molecule has 0 saturated heterocycles. The van der Waals surface area contributed by atoms with Crippen LogP contribution in [0.3, 0.4) is 0 Å². The van der Waals surface area contributed by atoms with Crippen molar-refractivity contribution in [2.45, 2.75) is 6.54 Å². The summed E-state index contributed by atoms with van der Waals surface area (Å²) < 4.78 is 0. The van der Waals surface area contributed by atoms with Gasteiger partial charge < -0.3 is 10.6 Å². The van der Waals surface area contributed by atoms with E-state index in [0.29, 0.717) is 28.9 Å². The second-order valence-electron chi connectivity index (χ2n) is 6.42. The van der Waals surface area contributed by atoms with Crippen molar-refractivity contribution in [2.24, 2.45) is 0 Å². The molecule has 0 bridgehead atoms. The van der Waals surface area contributed by atoms with E-state index in [1.165, 1.54) is 0 Å². The summed E-state index contributed by atoms with van der Waals surface area (Å²) in [5, 5.41) is 6.63. The number of fused-ring (bicyclic) bond motifs is 1. The predicted molar refractivity (Wildman–Crippen MR) is 112 cm³/mol. The monoisotopic (exact) mass is 382 g/mol. The lowest BCUT2D eigenvalue weighted by molar-refractivity contribution is 0.0950. The molecule has 0 fully saturated rings. The molecule has 4 aromatic rings. The molecule has 2 aromatic heterocycles. The summed E-state index contributed by atoms with van der Waals surface area (Å²) in [6.07, 6.45) is 3.36. The number of hydrogen-bond donors (Lipinski definition) is 2. The molecule has 0 radical (unpaired) electrons. The summed E-state index contributed by atoms with van der Waals surface area (Å²) >= 11 is 0. The third kappa shape index (κ3) is 4.27. The van der Waals surface area contributed by atoms with Crippen LogP contribution in [-0.2, 0) is 6.54 Å². The lowest BCUT2D eigenvalue weighted by Gasteiger charge is -2.09. The van der Waals surface area contributed by atoms with Crippen LogP contribution in [0.4, 0.5) is 5.69 Å². The van der Waals surface area contributed by atoms with Gasteiger partial charge in [0, 0.05) is 28.9 Å². The minimum Gasteiger partial charge on any atom is -0.346 e. The topological polar surface area (TPSA) is 84.0 Å². The van der Waals surface area contributed by atoms with E-state index in [2.05, 4.69) is 20.6 Å². The van der Waals surface area contributed by atoms with E-state index >= 15 is 0 Å². The zero-order valence-corrected chi connectivity index (χ0v) is 15.5. The summed E-state index contributed by atoms with van der Waals surface area (Å²) in [6, 6.07) is 21.5. The second kappa shape index (κ2) is 8.31. The van der Waals surface area contributed by atoms with Gasteiger partial charge in [0.15, 0.2) is 0 Å². The zero-order chi connectivity index (χ0) is 20.1. The first-order chi connectivity index (χ1) is 14.2. The van der Waals surface area contributed by atoms with Crippen molar-refractivity contribution in [2.75, 3.05) is 5.32 Å². The Labute approximate surface area is 167 Å². The summed E-state index contributed by atoms with van der Waals surface area (Å²) in [7, 11) is 0. The Hall–Kier alpha value is -4.06. The van der Waals surface area contributed by atoms with Crippen molar-refractivity contribution in [3.8, 4) is 0 Å². The van der Waals surface area contributed by atoms with E-state index in [1.807, 2.05) is 42.5 Å². The summed E-state index contributed by atoms with van der Waals surface area (Å²) in [5.41, 5.74) is 2.90. The first-order valence-electron chi connectivity index (χ1n) is 9.14. The van der Waals surface area contributed by atoms with Gasteiger partial charge in [-0.15, -0.1) is 0 Å². The van der Waals surface area contributed by atoms with Crippen LogP contribution in [0.25, 0.3) is 10.9 Å². The van der Waals surface area contributed by atoms with E-state index in [9.17, 15) is 9.59 Å². The van der Waals surface area contributed by atoms with Gasteiger partial charge in [-0.2, -0.15) is 0 Å². The Morgan fingerprint density at radius 1 is 0.759 bits per heavy atom. The molecule has 2 amide bonds. The van der Waals surface area contributed by atoms with Gasteiger partial charge in [0.1, 0.15) is 0 Å². The highest BCUT2D eigenvalue weighted by Gasteiger charge is 2.12. The standard InChI is InChI=1S/C23H18N4O2/c28-22(26-15-19-10-1-2-12-24-19)17-7-3-8-18(14-17)23(29)27-20-11-4-6-16-9-5-13-25-21(16)20/h1-14H,15H2,(H,26,28)(H,27,29). The lowest BCUT2D eigenvalue weighted by atomic mass is 10.1. The number of carbonyl (C=O) groups is 2. The number of benzene rings is 2. The van der Waals surface area contributed by atoms with E-state index < -0.39 is 0 Å². The number of rotatable bonds is 5. The lowest BCUT2D eigenvalue weighted by Crippen LogP contribution is -2.23. The van der Waals surface area contributed by atoms with Crippen molar-refractivity contribution in [3.05, 3.63) is 102 Å². The van der Waals surface area contributed by atoms with E-state index in [4.69, 9.17) is 0 Å². The van der Waals surface area contributed by atoms with E-state index in [0.717, 1.165) is 11.1 Å². The first kappa shape index (κ1) is 18.3. The Balaban J connectivity index is 1.49. The molecule has 0 spiro atoms. The van der Waals surface area contributed by atoms with Crippen molar-refractivity contribution in [1.29, 1.82) is 0 Å². The number of carbonyl (C=O) groups excluding carboxylic acids is 2. The predicted octanol–water partition coefficient (Wildman–Crippen LogP) is 3.81. The number of nitrogens with zero attached hydrogens (tertiary/aromatic N) is 2. The van der Waals surface area contributed by atoms with E-state index in [-0.39, 0.29) is 11.8 Å². The summed E-state index contributed by atoms with van der Waals surface area (Å²) in [6.45, 7) is 0.317. The van der Waals surface area contributed by atoms with Gasteiger partial charge in [-0.25, -0.2) is 0 Å². The molecule has 0 aliphatic heterocycles. The van der Waals surface area contributed by atoms with Crippen LogP contribution in [0, 0.1) is 0 Å². The molecular formula is C23H18N4O2. The molecule has 0 saturated carbocycles. The first-order valence-corrected chi connectivity index (χ1v) is 9.14. The smallest absolute Gasteiger partial charge is 0.255 e. The molecule has 6 heteroatoms. The number of aromatic nitrogens is 2. The van der Waals surface area contributed by atoms with Crippen LogP contribution in [0.2, 0.25) is 0 Å². The minimum atomic E-state index is -0.303. The SMILES string of the molecule is O=C(NCc1ccccn1)c1cccc(C(=O)Nc2cccc3cccnc23)c1. The molecule has 2 N–H and O–H groups in total. The van der Waals surface area contributed by atoms with Crippen molar-refractivity contribution < 1.29 is 9.59 Å². The molecule has 0 aliphatic carbocycles. The molecule has 2 aromatic carbocycles. The fourth-order valence-electron chi connectivity index (χ4n) is 2.98. The van der Waals surface area contributed by atoms with E-state index in [1.54, 1.807) is 42.7 Å². The van der Waals surface area contributed by atoms with Crippen LogP contribution in [-0.4, -0.2) is 21.8 Å². The average Bonchev–Trinajstić information content (AvgIpc) is 2.78. The molecule has 4 rings (SSSR count). The molecule has 0 aliphatic rings. The van der Waals surface area contributed by atoms with Crippen LogP contribution in [0.1, 0.15) is 26.4 Å². The Morgan fingerprint density at radius 3 is 2.34 bits per heavy atom. The van der Waals surface area contributed by atoms with Crippen molar-refractivity contribution in [3.63, 3.8) is 0 Å². The fourth-order valence-corrected chi connectivity index (χ4v) is 2.98. The van der Waals surface area contributed by atoms with Gasteiger partial charge in [0.2, 0.25) is 0 Å². The summed E-state index contributed by atoms with van der Waals surface area (Å²) in [4.78, 5) is 33.7. The number of hydrogen-bond acceptors (Lipinski definition) is 4. The van der Waals surface area contributed by atoms with Gasteiger partial charge in [0.25, 0.3) is 11.8 Å². The molecule has 2 heterocycles. The molecule has 0 atom stereocenters. The third-order valence-electron chi connectivity index (χ3n) is 4.42. The minimum absolute atomic E-state index is 0.267. The van der Waals surface area contributed by atoms with Gasteiger partial charge in [0.05, 0.1) is 23.4 Å². The number of amides is 2. The molecule has 142 valence electrons. The average molecular weight is 382 g/mol. The molecule has 29 heavy (non-hydrogen) atoms. The molecule has 6 nitrogen and oxygen atoms in total. The van der Waals surface area contributed by atoms with Crippen LogP contribution < -0.4 is 10.6 Å². The number of pyridine rings is 2. The highest BCUT2D eigenvalue weighted by Crippen LogP contribution is 2.21. The molecule has 0 unspecified atom stereocenters. The number of anilines is 1. The normalized spacial score (nSPS) is 10.5. The van der Waals surface area contributed by atoms with Crippen LogP contribution in [0.5, 0.6) is 0 Å². The maximum absolute atomic E-state index is 12.7. The Bertz CT molecular complexity index is 1170. The van der Waals surface area contributed by atoms with Gasteiger partial charge in [-0.05, 0) is 42.5 Å².